The van der Waals surface area contributed by atoms with Gasteiger partial charge in [-0.25, -0.2) is 13.5 Å². The maximum atomic E-state index is 14.2. The number of nitrogens with two attached hydrogens (primary N) is 1. The topological polar surface area (TPSA) is 43.8 Å². The maximum Gasteiger partial charge on any atom is 0.154 e. The number of aromatic nitrogens is 2. The number of fused-ring (bicyclic) bond motifs is 1. The van der Waals surface area contributed by atoms with Gasteiger partial charge >= 0.3 is 0 Å². The number of rotatable bonds is 1. The van der Waals surface area contributed by atoms with Crippen LogP contribution in [0.1, 0.15) is 29.7 Å². The molecule has 2 N–H and O–H groups in total. The summed E-state index contributed by atoms with van der Waals surface area (Å²) in [6.45, 7) is 1.61. The summed E-state index contributed by atoms with van der Waals surface area (Å²) in [6.07, 6.45) is 3.62. The quantitative estimate of drug-likeness (QED) is 0.859. The molecule has 1 aliphatic rings. The summed E-state index contributed by atoms with van der Waals surface area (Å²) in [5.41, 5.74) is 7.92. The van der Waals surface area contributed by atoms with E-state index < -0.39 is 11.6 Å². The van der Waals surface area contributed by atoms with E-state index in [1.165, 1.54) is 16.8 Å². The van der Waals surface area contributed by atoms with Gasteiger partial charge in [-0.05, 0) is 44.2 Å². The highest BCUT2D eigenvalue weighted by Gasteiger charge is 2.24. The van der Waals surface area contributed by atoms with Crippen LogP contribution < -0.4 is 5.73 Å². The van der Waals surface area contributed by atoms with Crippen LogP contribution in [0.25, 0.3) is 5.69 Å². The van der Waals surface area contributed by atoms with E-state index in [-0.39, 0.29) is 5.69 Å². The number of nitrogens with zero attached hydrogens (tertiary/aromatic N) is 2. The number of hydrogen-bond donors (Lipinski definition) is 1. The minimum absolute atomic E-state index is 0.116. The largest absolute Gasteiger partial charge is 0.382 e. The molecule has 100 valence electrons. The number of nitrogen functional groups attached to an aromatic ring is 1. The zero-order chi connectivity index (χ0) is 13.6. The molecule has 0 amide bonds. The Bertz CT molecular complexity index is 647. The van der Waals surface area contributed by atoms with Crippen LogP contribution in [0, 0.1) is 18.6 Å². The molecule has 0 fully saturated rings. The molecule has 5 heteroatoms. The lowest BCUT2D eigenvalue weighted by molar-refractivity contribution is 0.545. The molecule has 1 aromatic heterocycles. The van der Waals surface area contributed by atoms with Crippen molar-refractivity contribution in [1.82, 2.24) is 9.78 Å². The second kappa shape index (κ2) is 4.33. The van der Waals surface area contributed by atoms with Crippen LogP contribution in [0.15, 0.2) is 12.1 Å². The summed E-state index contributed by atoms with van der Waals surface area (Å²) < 4.78 is 29.5. The molecule has 0 atom stereocenters. The first-order valence-corrected chi connectivity index (χ1v) is 6.41. The first kappa shape index (κ1) is 12.1. The van der Waals surface area contributed by atoms with Crippen LogP contribution in [-0.4, -0.2) is 9.78 Å². The zero-order valence-electron chi connectivity index (χ0n) is 10.7. The number of anilines is 1. The van der Waals surface area contributed by atoms with Gasteiger partial charge in [-0.1, -0.05) is 6.07 Å². The van der Waals surface area contributed by atoms with Gasteiger partial charge in [0.2, 0.25) is 0 Å². The molecule has 1 heterocycles. The Morgan fingerprint density at radius 2 is 1.95 bits per heavy atom. The van der Waals surface area contributed by atoms with E-state index in [4.69, 9.17) is 5.73 Å². The Balaban J connectivity index is 2.26. The number of hydrogen-bond acceptors (Lipinski definition) is 2. The third-order valence-corrected chi connectivity index (χ3v) is 3.68. The number of benzene rings is 1. The fourth-order valence-corrected chi connectivity index (χ4v) is 2.65. The van der Waals surface area contributed by atoms with Crippen LogP contribution in [0.4, 0.5) is 14.6 Å². The summed E-state index contributed by atoms with van der Waals surface area (Å²) in [4.78, 5) is 0. The van der Waals surface area contributed by atoms with Gasteiger partial charge in [0.15, 0.2) is 11.6 Å². The van der Waals surface area contributed by atoms with Gasteiger partial charge in [0.1, 0.15) is 11.5 Å². The Morgan fingerprint density at radius 3 is 2.74 bits per heavy atom. The van der Waals surface area contributed by atoms with Crippen LogP contribution in [0.3, 0.4) is 0 Å². The fraction of sp³-hybridized carbons (Fsp3) is 0.357. The number of halogens is 2. The van der Waals surface area contributed by atoms with Gasteiger partial charge in [0.25, 0.3) is 0 Å². The SMILES string of the molecule is Cc1ccc(F)c(-n2nc(N)c3c2CCCC3)c1F. The third-order valence-electron chi connectivity index (χ3n) is 3.68. The molecule has 19 heavy (non-hydrogen) atoms. The molecule has 3 nitrogen and oxygen atoms in total. The van der Waals surface area contributed by atoms with Crippen molar-refractivity contribution < 1.29 is 8.78 Å². The normalized spacial score (nSPS) is 14.5. The van der Waals surface area contributed by atoms with Crippen molar-refractivity contribution in [3.63, 3.8) is 0 Å². The van der Waals surface area contributed by atoms with E-state index in [9.17, 15) is 8.78 Å². The summed E-state index contributed by atoms with van der Waals surface area (Å²) in [7, 11) is 0. The minimum Gasteiger partial charge on any atom is -0.382 e. The molecule has 0 spiro atoms. The third kappa shape index (κ3) is 1.80. The first-order chi connectivity index (χ1) is 9.09. The molecule has 0 aliphatic heterocycles. The van der Waals surface area contributed by atoms with Crippen molar-refractivity contribution in [3.8, 4) is 5.69 Å². The predicted octanol–water partition coefficient (Wildman–Crippen LogP) is 2.92. The van der Waals surface area contributed by atoms with E-state index in [0.717, 1.165) is 36.9 Å². The van der Waals surface area contributed by atoms with E-state index >= 15 is 0 Å². The smallest absolute Gasteiger partial charge is 0.154 e. The molecule has 0 radical (unpaired) electrons. The average molecular weight is 263 g/mol. The van der Waals surface area contributed by atoms with Crippen molar-refractivity contribution in [2.75, 3.05) is 5.73 Å². The van der Waals surface area contributed by atoms with Crippen molar-refractivity contribution in [2.45, 2.75) is 32.6 Å². The first-order valence-electron chi connectivity index (χ1n) is 6.41. The van der Waals surface area contributed by atoms with Gasteiger partial charge in [-0.2, -0.15) is 0 Å². The Labute approximate surface area is 110 Å². The highest BCUT2D eigenvalue weighted by molar-refractivity contribution is 5.49. The maximum absolute atomic E-state index is 14.2. The van der Waals surface area contributed by atoms with E-state index in [1.54, 1.807) is 6.92 Å². The highest BCUT2D eigenvalue weighted by atomic mass is 19.1. The van der Waals surface area contributed by atoms with Crippen LogP contribution in [0.5, 0.6) is 0 Å². The minimum atomic E-state index is -0.612. The van der Waals surface area contributed by atoms with Crippen LogP contribution >= 0.6 is 0 Å². The Morgan fingerprint density at radius 1 is 1.21 bits per heavy atom. The standard InChI is InChI=1S/C14H15F2N3/c1-8-6-7-10(15)13(12(8)16)19-11-5-3-2-4-9(11)14(17)18-19/h6-7H,2-5H2,1H3,(H2,17,18). The summed E-state index contributed by atoms with van der Waals surface area (Å²) >= 11 is 0. The lowest BCUT2D eigenvalue weighted by Crippen LogP contribution is -2.11. The molecule has 2 aromatic rings. The van der Waals surface area contributed by atoms with Gasteiger partial charge in [-0.15, -0.1) is 5.10 Å². The monoisotopic (exact) mass is 263 g/mol. The summed E-state index contributed by atoms with van der Waals surface area (Å²) in [6, 6.07) is 2.69. The van der Waals surface area contributed by atoms with E-state index in [1.807, 2.05) is 0 Å². The van der Waals surface area contributed by atoms with Gasteiger partial charge in [0, 0.05) is 11.3 Å². The van der Waals surface area contributed by atoms with Crippen molar-refractivity contribution in [1.29, 1.82) is 0 Å². The lowest BCUT2D eigenvalue weighted by Gasteiger charge is -2.15. The van der Waals surface area contributed by atoms with Crippen LogP contribution in [0.2, 0.25) is 0 Å². The average Bonchev–Trinajstić information content (AvgIpc) is 2.73. The van der Waals surface area contributed by atoms with Crippen molar-refractivity contribution >= 4 is 5.82 Å². The van der Waals surface area contributed by atoms with Crippen LogP contribution in [-0.2, 0) is 12.8 Å². The fourth-order valence-electron chi connectivity index (χ4n) is 2.65. The Hall–Kier alpha value is -1.91. The Kier molecular flexibility index (Phi) is 2.77. The second-order valence-electron chi connectivity index (χ2n) is 4.96. The number of aryl methyl sites for hydroxylation is 1. The molecule has 0 saturated carbocycles. The molecule has 1 aromatic carbocycles. The predicted molar refractivity (Wildman–Crippen MR) is 69.3 cm³/mol. The molecular formula is C14H15F2N3. The second-order valence-corrected chi connectivity index (χ2v) is 4.96. The molecule has 0 unspecified atom stereocenters. The zero-order valence-corrected chi connectivity index (χ0v) is 10.7. The molecule has 0 bridgehead atoms. The van der Waals surface area contributed by atoms with Crippen molar-refractivity contribution in [3.05, 3.63) is 40.6 Å². The molecule has 0 saturated heterocycles. The molecule has 1 aliphatic carbocycles. The molecule has 3 rings (SSSR count). The molecular weight excluding hydrogens is 248 g/mol. The van der Waals surface area contributed by atoms with E-state index in [0.29, 0.717) is 11.4 Å². The van der Waals surface area contributed by atoms with E-state index in [2.05, 4.69) is 5.10 Å². The van der Waals surface area contributed by atoms with Crippen molar-refractivity contribution in [2.24, 2.45) is 0 Å². The van der Waals surface area contributed by atoms with Gasteiger partial charge in [-0.3, -0.25) is 0 Å². The summed E-state index contributed by atoms with van der Waals surface area (Å²) in [5, 5.41) is 4.14. The highest BCUT2D eigenvalue weighted by Crippen LogP contribution is 2.30. The lowest BCUT2D eigenvalue weighted by atomic mass is 9.97. The summed E-state index contributed by atoms with van der Waals surface area (Å²) in [5.74, 6) is -0.801. The van der Waals surface area contributed by atoms with Gasteiger partial charge in [0.05, 0.1) is 0 Å². The van der Waals surface area contributed by atoms with Gasteiger partial charge < -0.3 is 5.73 Å².